The van der Waals surface area contributed by atoms with Gasteiger partial charge < -0.3 is 9.64 Å². The fraction of sp³-hybridized carbons (Fsp3) is 0.333. The van der Waals surface area contributed by atoms with Crippen LogP contribution < -0.4 is 9.64 Å². The number of fused-ring (bicyclic) bond motifs is 1. The fourth-order valence-electron chi connectivity index (χ4n) is 2.87. The van der Waals surface area contributed by atoms with Crippen molar-refractivity contribution < 1.29 is 9.53 Å². The van der Waals surface area contributed by atoms with Crippen LogP contribution in [0.4, 0.5) is 5.13 Å². The first kappa shape index (κ1) is 20.6. The van der Waals surface area contributed by atoms with Crippen LogP contribution in [0.1, 0.15) is 23.7 Å². The highest BCUT2D eigenvalue weighted by molar-refractivity contribution is 7.22. The molecule has 148 valence electrons. The number of ether oxygens (including phenoxy) is 1. The standard InChI is InChI=1S/C21H24ClN3O2S/c1-4-27-17-9-10-18-19(14-17)28-21(23-18)25(12-6-11-24(2)3)20(26)15-7-5-8-16(22)13-15/h5,7-10,13-14H,4,6,11-12H2,1-3H3. The molecule has 1 aromatic heterocycles. The number of anilines is 1. The van der Waals surface area contributed by atoms with Crippen LogP contribution in [0.15, 0.2) is 42.5 Å². The van der Waals surface area contributed by atoms with Crippen LogP contribution in [0.25, 0.3) is 10.2 Å². The predicted octanol–water partition coefficient (Wildman–Crippen LogP) is 4.95. The van der Waals surface area contributed by atoms with E-state index in [2.05, 4.69) is 4.90 Å². The van der Waals surface area contributed by atoms with E-state index in [4.69, 9.17) is 21.3 Å². The second-order valence-corrected chi connectivity index (χ2v) is 8.13. The Labute approximate surface area is 174 Å². The van der Waals surface area contributed by atoms with Gasteiger partial charge in [-0.1, -0.05) is 29.0 Å². The quantitative estimate of drug-likeness (QED) is 0.520. The summed E-state index contributed by atoms with van der Waals surface area (Å²) < 4.78 is 6.58. The number of hydrogen-bond donors (Lipinski definition) is 0. The smallest absolute Gasteiger partial charge is 0.260 e. The third kappa shape index (κ3) is 5.01. The molecular weight excluding hydrogens is 394 g/mol. The van der Waals surface area contributed by atoms with Gasteiger partial charge in [-0.3, -0.25) is 9.69 Å². The lowest BCUT2D eigenvalue weighted by molar-refractivity contribution is 0.0986. The molecule has 2 aromatic carbocycles. The van der Waals surface area contributed by atoms with E-state index in [1.165, 1.54) is 11.3 Å². The molecule has 3 rings (SSSR count). The Bertz CT molecular complexity index is 958. The molecule has 7 heteroatoms. The van der Waals surface area contributed by atoms with Gasteiger partial charge in [-0.2, -0.15) is 0 Å². The Morgan fingerprint density at radius 2 is 2.00 bits per heavy atom. The summed E-state index contributed by atoms with van der Waals surface area (Å²) in [6.45, 7) is 4.04. The van der Waals surface area contributed by atoms with E-state index in [0.717, 1.165) is 28.9 Å². The summed E-state index contributed by atoms with van der Waals surface area (Å²) in [5.41, 5.74) is 1.42. The van der Waals surface area contributed by atoms with E-state index in [-0.39, 0.29) is 5.91 Å². The zero-order valence-electron chi connectivity index (χ0n) is 16.3. The summed E-state index contributed by atoms with van der Waals surface area (Å²) in [5.74, 6) is 0.718. The van der Waals surface area contributed by atoms with Crippen LogP contribution >= 0.6 is 22.9 Å². The van der Waals surface area contributed by atoms with Crippen LogP contribution in [-0.2, 0) is 0 Å². The molecule has 0 aliphatic heterocycles. The fourth-order valence-corrected chi connectivity index (χ4v) is 4.08. The summed E-state index contributed by atoms with van der Waals surface area (Å²) >= 11 is 7.59. The van der Waals surface area contributed by atoms with Gasteiger partial charge in [0.25, 0.3) is 5.91 Å². The Balaban J connectivity index is 1.93. The lowest BCUT2D eigenvalue weighted by Crippen LogP contribution is -2.33. The number of benzene rings is 2. The molecule has 28 heavy (non-hydrogen) atoms. The van der Waals surface area contributed by atoms with Gasteiger partial charge in [0, 0.05) is 17.1 Å². The Kier molecular flexibility index (Phi) is 6.88. The summed E-state index contributed by atoms with van der Waals surface area (Å²) in [5, 5.41) is 1.23. The van der Waals surface area contributed by atoms with Crippen molar-refractivity contribution in [1.82, 2.24) is 9.88 Å². The molecule has 0 radical (unpaired) electrons. The lowest BCUT2D eigenvalue weighted by atomic mass is 10.2. The zero-order valence-corrected chi connectivity index (χ0v) is 17.9. The van der Waals surface area contributed by atoms with Crippen LogP contribution in [0, 0.1) is 0 Å². The van der Waals surface area contributed by atoms with Crippen molar-refractivity contribution in [3.8, 4) is 5.75 Å². The van der Waals surface area contributed by atoms with E-state index < -0.39 is 0 Å². The third-order valence-corrected chi connectivity index (χ3v) is 5.47. The van der Waals surface area contributed by atoms with Crippen molar-refractivity contribution >= 4 is 44.2 Å². The number of hydrogen-bond acceptors (Lipinski definition) is 5. The molecule has 0 fully saturated rings. The number of nitrogens with zero attached hydrogens (tertiary/aromatic N) is 3. The first-order valence-corrected chi connectivity index (χ1v) is 10.4. The van der Waals surface area contributed by atoms with Crippen molar-refractivity contribution in [2.45, 2.75) is 13.3 Å². The summed E-state index contributed by atoms with van der Waals surface area (Å²) in [6.07, 6.45) is 0.847. The average molecular weight is 418 g/mol. The topological polar surface area (TPSA) is 45.7 Å². The molecule has 0 saturated heterocycles. The van der Waals surface area contributed by atoms with Gasteiger partial charge in [0.1, 0.15) is 5.75 Å². The highest BCUT2D eigenvalue weighted by atomic mass is 35.5. The molecule has 0 N–H and O–H groups in total. The predicted molar refractivity (Wildman–Crippen MR) is 117 cm³/mol. The van der Waals surface area contributed by atoms with Crippen molar-refractivity contribution in [3.63, 3.8) is 0 Å². The SMILES string of the molecule is CCOc1ccc2nc(N(CCCN(C)C)C(=O)c3cccc(Cl)c3)sc2c1. The second kappa shape index (κ2) is 9.37. The largest absolute Gasteiger partial charge is 0.494 e. The molecule has 0 unspecified atom stereocenters. The van der Waals surface area contributed by atoms with Crippen molar-refractivity contribution in [2.75, 3.05) is 38.7 Å². The van der Waals surface area contributed by atoms with E-state index in [9.17, 15) is 4.79 Å². The minimum atomic E-state index is -0.0923. The monoisotopic (exact) mass is 417 g/mol. The summed E-state index contributed by atoms with van der Waals surface area (Å²) in [4.78, 5) is 21.8. The Hall–Kier alpha value is -2.15. The zero-order chi connectivity index (χ0) is 20.1. The number of carbonyl (C=O) groups is 1. The highest BCUT2D eigenvalue weighted by Crippen LogP contribution is 2.32. The normalized spacial score (nSPS) is 11.2. The maximum Gasteiger partial charge on any atom is 0.260 e. The van der Waals surface area contributed by atoms with Crippen LogP contribution in [0.3, 0.4) is 0 Å². The maximum atomic E-state index is 13.2. The molecule has 0 aliphatic carbocycles. The first-order chi connectivity index (χ1) is 13.5. The first-order valence-electron chi connectivity index (χ1n) is 9.23. The molecule has 1 amide bonds. The molecular formula is C21H24ClN3O2S. The lowest BCUT2D eigenvalue weighted by Gasteiger charge is -2.21. The molecule has 3 aromatic rings. The minimum Gasteiger partial charge on any atom is -0.494 e. The van der Waals surface area contributed by atoms with Gasteiger partial charge in [-0.05, 0) is 70.4 Å². The van der Waals surface area contributed by atoms with Crippen molar-refractivity contribution in [2.24, 2.45) is 0 Å². The number of thiazole rings is 1. The molecule has 0 spiro atoms. The van der Waals surface area contributed by atoms with E-state index in [0.29, 0.717) is 28.9 Å². The summed E-state index contributed by atoms with van der Waals surface area (Å²) in [7, 11) is 4.05. The van der Waals surface area contributed by atoms with Gasteiger partial charge in [0.15, 0.2) is 5.13 Å². The van der Waals surface area contributed by atoms with Gasteiger partial charge in [-0.15, -0.1) is 0 Å². The van der Waals surface area contributed by atoms with Crippen molar-refractivity contribution in [1.29, 1.82) is 0 Å². The number of amides is 1. The van der Waals surface area contributed by atoms with Crippen LogP contribution in [0.5, 0.6) is 5.75 Å². The minimum absolute atomic E-state index is 0.0923. The molecule has 5 nitrogen and oxygen atoms in total. The molecule has 1 heterocycles. The molecule has 0 atom stereocenters. The van der Waals surface area contributed by atoms with Crippen LogP contribution in [-0.4, -0.2) is 49.6 Å². The number of halogens is 1. The van der Waals surface area contributed by atoms with Crippen LogP contribution in [0.2, 0.25) is 5.02 Å². The third-order valence-electron chi connectivity index (χ3n) is 4.19. The van der Waals surface area contributed by atoms with Crippen molar-refractivity contribution in [3.05, 3.63) is 53.1 Å². The second-order valence-electron chi connectivity index (χ2n) is 6.68. The molecule has 0 aliphatic rings. The molecule has 0 bridgehead atoms. The Morgan fingerprint density at radius 3 is 2.71 bits per heavy atom. The van der Waals surface area contributed by atoms with E-state index >= 15 is 0 Å². The average Bonchev–Trinajstić information content (AvgIpc) is 3.07. The number of aromatic nitrogens is 1. The maximum absolute atomic E-state index is 13.2. The highest BCUT2D eigenvalue weighted by Gasteiger charge is 2.21. The van der Waals surface area contributed by atoms with Gasteiger partial charge in [0.05, 0.1) is 16.8 Å². The van der Waals surface area contributed by atoms with E-state index in [1.807, 2.05) is 39.2 Å². The summed E-state index contributed by atoms with van der Waals surface area (Å²) in [6, 6.07) is 12.9. The number of rotatable bonds is 8. The van der Waals surface area contributed by atoms with Gasteiger partial charge >= 0.3 is 0 Å². The number of carbonyl (C=O) groups excluding carboxylic acids is 1. The van der Waals surface area contributed by atoms with E-state index in [1.54, 1.807) is 29.2 Å². The van der Waals surface area contributed by atoms with Gasteiger partial charge in [0.2, 0.25) is 0 Å². The molecule has 0 saturated carbocycles. The van der Waals surface area contributed by atoms with Gasteiger partial charge in [-0.25, -0.2) is 4.98 Å². The Morgan fingerprint density at radius 1 is 1.18 bits per heavy atom.